The van der Waals surface area contributed by atoms with Crippen molar-refractivity contribution < 1.29 is 4.79 Å². The fraction of sp³-hybridized carbons (Fsp3) is 0.938. The van der Waals surface area contributed by atoms with Crippen molar-refractivity contribution in [2.75, 3.05) is 13.1 Å². The Morgan fingerprint density at radius 1 is 1.10 bits per heavy atom. The van der Waals surface area contributed by atoms with Crippen molar-refractivity contribution in [1.82, 2.24) is 10.6 Å². The summed E-state index contributed by atoms with van der Waals surface area (Å²) < 4.78 is 0. The highest BCUT2D eigenvalue weighted by Crippen LogP contribution is 2.45. The molecule has 2 rings (SSSR count). The first-order valence-corrected chi connectivity index (χ1v) is 7.76. The number of halogens is 1. The Balaban J connectivity index is 0.00000200. The second kappa shape index (κ2) is 6.65. The van der Waals surface area contributed by atoms with Crippen LogP contribution in [-0.4, -0.2) is 25.0 Å². The topological polar surface area (TPSA) is 41.1 Å². The van der Waals surface area contributed by atoms with Gasteiger partial charge in [0.15, 0.2) is 0 Å². The molecule has 0 radical (unpaired) electrons. The highest BCUT2D eigenvalue weighted by molar-refractivity contribution is 5.85. The number of rotatable bonds is 5. The lowest BCUT2D eigenvalue weighted by molar-refractivity contribution is -0.121. The predicted octanol–water partition coefficient (Wildman–Crippen LogP) is 3.13. The summed E-state index contributed by atoms with van der Waals surface area (Å²) in [5.41, 5.74) is 0.669. The molecule has 0 saturated heterocycles. The number of carbonyl (C=O) groups is 1. The first-order chi connectivity index (χ1) is 8.76. The van der Waals surface area contributed by atoms with Crippen molar-refractivity contribution in [2.45, 2.75) is 65.8 Å². The summed E-state index contributed by atoms with van der Waals surface area (Å²) >= 11 is 0. The normalized spacial score (nSPS) is 24.8. The van der Waals surface area contributed by atoms with Crippen LogP contribution in [0.4, 0.5) is 0 Å². The summed E-state index contributed by atoms with van der Waals surface area (Å²) in [6.45, 7) is 10.8. The first kappa shape index (κ1) is 17.8. The van der Waals surface area contributed by atoms with Crippen LogP contribution in [0, 0.1) is 16.7 Å². The maximum atomic E-state index is 12.0. The van der Waals surface area contributed by atoms with E-state index >= 15 is 0 Å². The smallest absolute Gasteiger partial charge is 0.234 e. The summed E-state index contributed by atoms with van der Waals surface area (Å²) in [7, 11) is 0. The second-order valence-corrected chi connectivity index (χ2v) is 8.25. The lowest BCUT2D eigenvalue weighted by Crippen LogP contribution is -2.48. The lowest BCUT2D eigenvalue weighted by Gasteiger charge is -2.45. The van der Waals surface area contributed by atoms with E-state index in [1.54, 1.807) is 0 Å². The van der Waals surface area contributed by atoms with Crippen LogP contribution >= 0.6 is 12.4 Å². The van der Waals surface area contributed by atoms with Crippen LogP contribution in [0.1, 0.15) is 59.8 Å². The number of hydrogen-bond acceptors (Lipinski definition) is 2. The van der Waals surface area contributed by atoms with Crippen LogP contribution in [-0.2, 0) is 4.79 Å². The molecule has 0 spiro atoms. The van der Waals surface area contributed by atoms with Crippen molar-refractivity contribution in [3.05, 3.63) is 0 Å². The molecule has 2 N–H and O–H groups in total. The van der Waals surface area contributed by atoms with E-state index in [1.807, 2.05) is 0 Å². The van der Waals surface area contributed by atoms with Gasteiger partial charge in [-0.3, -0.25) is 4.79 Å². The van der Waals surface area contributed by atoms with Crippen LogP contribution in [0.3, 0.4) is 0 Å². The standard InChI is InChI=1S/C16H30N2O.ClH/c1-15(2)7-13(8-16(3,4)11-15)18-14(19)10-17-9-12-5-6-12;/h12-13,17H,5-11H2,1-4H3,(H,18,19);1H. The molecule has 0 aromatic carbocycles. The Kier molecular flexibility index (Phi) is 5.91. The third-order valence-electron chi connectivity index (χ3n) is 4.34. The second-order valence-electron chi connectivity index (χ2n) is 8.25. The molecule has 20 heavy (non-hydrogen) atoms. The third-order valence-corrected chi connectivity index (χ3v) is 4.34. The largest absolute Gasteiger partial charge is 0.352 e. The first-order valence-electron chi connectivity index (χ1n) is 7.76. The van der Waals surface area contributed by atoms with Gasteiger partial charge in [0.05, 0.1) is 6.54 Å². The van der Waals surface area contributed by atoms with Gasteiger partial charge in [-0.1, -0.05) is 27.7 Å². The minimum Gasteiger partial charge on any atom is -0.352 e. The van der Waals surface area contributed by atoms with E-state index in [2.05, 4.69) is 38.3 Å². The molecule has 2 aliphatic carbocycles. The van der Waals surface area contributed by atoms with Crippen LogP contribution < -0.4 is 10.6 Å². The fourth-order valence-electron chi connectivity index (χ4n) is 3.94. The van der Waals surface area contributed by atoms with Gasteiger partial charge in [-0.25, -0.2) is 0 Å². The van der Waals surface area contributed by atoms with Gasteiger partial charge in [0, 0.05) is 6.04 Å². The molecule has 2 fully saturated rings. The molecule has 0 unspecified atom stereocenters. The summed E-state index contributed by atoms with van der Waals surface area (Å²) in [4.78, 5) is 12.0. The van der Waals surface area contributed by atoms with Crippen molar-refractivity contribution in [3.8, 4) is 0 Å². The molecule has 3 nitrogen and oxygen atoms in total. The summed E-state index contributed by atoms with van der Waals surface area (Å²) in [5, 5.41) is 6.49. The van der Waals surface area contributed by atoms with Crippen molar-refractivity contribution in [3.63, 3.8) is 0 Å². The molecule has 0 heterocycles. The van der Waals surface area contributed by atoms with E-state index in [0.717, 1.165) is 25.3 Å². The van der Waals surface area contributed by atoms with E-state index in [1.165, 1.54) is 19.3 Å². The van der Waals surface area contributed by atoms with E-state index in [-0.39, 0.29) is 18.3 Å². The average Bonchev–Trinajstić information content (AvgIpc) is 2.95. The van der Waals surface area contributed by atoms with Crippen molar-refractivity contribution in [2.24, 2.45) is 16.7 Å². The zero-order valence-corrected chi connectivity index (χ0v) is 14.2. The molecule has 0 aliphatic heterocycles. The Morgan fingerprint density at radius 3 is 2.15 bits per heavy atom. The Hall–Kier alpha value is -0.280. The van der Waals surface area contributed by atoms with Crippen molar-refractivity contribution in [1.29, 1.82) is 0 Å². The predicted molar refractivity (Wildman–Crippen MR) is 86.2 cm³/mol. The van der Waals surface area contributed by atoms with Crippen molar-refractivity contribution >= 4 is 18.3 Å². The van der Waals surface area contributed by atoms with Gasteiger partial charge in [-0.2, -0.15) is 0 Å². The molecular formula is C16H31ClN2O. The highest BCUT2D eigenvalue weighted by Gasteiger charge is 2.38. The maximum absolute atomic E-state index is 12.0. The summed E-state index contributed by atoms with van der Waals surface area (Å²) in [5.74, 6) is 1.000. The molecule has 0 aromatic heterocycles. The van der Waals surface area contributed by atoms with Gasteiger partial charge >= 0.3 is 0 Å². The quantitative estimate of drug-likeness (QED) is 0.819. The lowest BCUT2D eigenvalue weighted by atomic mass is 9.63. The van der Waals surface area contributed by atoms with E-state index in [0.29, 0.717) is 23.4 Å². The monoisotopic (exact) mass is 302 g/mol. The number of amides is 1. The molecule has 1 amide bonds. The van der Waals surface area contributed by atoms with Gasteiger partial charge in [0.1, 0.15) is 0 Å². The van der Waals surface area contributed by atoms with Gasteiger partial charge < -0.3 is 10.6 Å². The number of hydrogen-bond donors (Lipinski definition) is 2. The van der Waals surface area contributed by atoms with Crippen LogP contribution in [0.5, 0.6) is 0 Å². The van der Waals surface area contributed by atoms with E-state index < -0.39 is 0 Å². The Morgan fingerprint density at radius 2 is 1.65 bits per heavy atom. The fourth-order valence-corrected chi connectivity index (χ4v) is 3.94. The van der Waals surface area contributed by atoms with Gasteiger partial charge in [-0.15, -0.1) is 12.4 Å². The molecule has 0 aromatic rings. The highest BCUT2D eigenvalue weighted by atomic mass is 35.5. The maximum Gasteiger partial charge on any atom is 0.234 e. The minimum atomic E-state index is 0. The molecule has 0 atom stereocenters. The van der Waals surface area contributed by atoms with E-state index in [4.69, 9.17) is 0 Å². The summed E-state index contributed by atoms with van der Waals surface area (Å²) in [6, 6.07) is 0.342. The molecule has 0 bridgehead atoms. The van der Waals surface area contributed by atoms with E-state index in [9.17, 15) is 4.79 Å². The van der Waals surface area contributed by atoms with Gasteiger partial charge in [0.2, 0.25) is 5.91 Å². The third kappa shape index (κ3) is 6.01. The summed E-state index contributed by atoms with van der Waals surface area (Å²) in [6.07, 6.45) is 6.11. The Labute approximate surface area is 130 Å². The van der Waals surface area contributed by atoms with Gasteiger partial charge in [-0.05, 0) is 55.4 Å². The zero-order chi connectivity index (χ0) is 14.1. The molecule has 4 heteroatoms. The minimum absolute atomic E-state index is 0. The van der Waals surface area contributed by atoms with Gasteiger partial charge in [0.25, 0.3) is 0 Å². The Bertz CT molecular complexity index is 321. The number of carbonyl (C=O) groups excluding carboxylic acids is 1. The van der Waals surface area contributed by atoms with Crippen LogP contribution in [0.15, 0.2) is 0 Å². The molecule has 118 valence electrons. The zero-order valence-electron chi connectivity index (χ0n) is 13.4. The number of nitrogens with one attached hydrogen (secondary N) is 2. The molecule has 2 aliphatic rings. The molecule has 2 saturated carbocycles. The average molecular weight is 303 g/mol. The SMILES string of the molecule is CC1(C)CC(NC(=O)CNCC2CC2)CC(C)(C)C1.Cl. The van der Waals surface area contributed by atoms with Crippen LogP contribution in [0.2, 0.25) is 0 Å². The van der Waals surface area contributed by atoms with Crippen LogP contribution in [0.25, 0.3) is 0 Å². The molecular weight excluding hydrogens is 272 g/mol.